The first-order chi connectivity index (χ1) is 9.08. The van der Waals surface area contributed by atoms with Crippen LogP contribution in [0.3, 0.4) is 0 Å². The van der Waals surface area contributed by atoms with Crippen molar-refractivity contribution in [1.29, 1.82) is 0 Å². The van der Waals surface area contributed by atoms with Gasteiger partial charge in [-0.3, -0.25) is 0 Å². The molecular formula is C14H11F2NOS. The Balaban J connectivity index is 2.08. The van der Waals surface area contributed by atoms with E-state index in [0.29, 0.717) is 11.3 Å². The van der Waals surface area contributed by atoms with E-state index in [9.17, 15) is 8.78 Å². The van der Waals surface area contributed by atoms with Gasteiger partial charge in [0.05, 0.1) is 5.56 Å². The number of halogens is 2. The number of hydrogen-bond acceptors (Lipinski definition) is 2. The van der Waals surface area contributed by atoms with Crippen LogP contribution in [-0.2, 0) is 6.61 Å². The predicted molar refractivity (Wildman–Crippen MR) is 73.0 cm³/mol. The van der Waals surface area contributed by atoms with Crippen LogP contribution in [-0.4, -0.2) is 4.99 Å². The van der Waals surface area contributed by atoms with Gasteiger partial charge >= 0.3 is 0 Å². The van der Waals surface area contributed by atoms with Crippen LogP contribution in [0.5, 0.6) is 5.75 Å². The summed E-state index contributed by atoms with van der Waals surface area (Å²) in [5.74, 6) is -0.762. The molecule has 0 bridgehead atoms. The topological polar surface area (TPSA) is 35.2 Å². The minimum Gasteiger partial charge on any atom is -0.489 e. The molecule has 0 atom stereocenters. The lowest BCUT2D eigenvalue weighted by Crippen LogP contribution is -2.09. The average Bonchev–Trinajstić information content (AvgIpc) is 2.38. The average molecular weight is 279 g/mol. The molecule has 2 rings (SSSR count). The second-order valence-corrected chi connectivity index (χ2v) is 4.32. The SMILES string of the molecule is NC(=S)c1ccc(OCc2c(F)cccc2F)cc1. The van der Waals surface area contributed by atoms with Crippen LogP contribution >= 0.6 is 12.2 Å². The van der Waals surface area contributed by atoms with Gasteiger partial charge < -0.3 is 10.5 Å². The molecule has 0 fully saturated rings. The Hall–Kier alpha value is -2.01. The molecule has 0 saturated heterocycles. The minimum atomic E-state index is -0.625. The van der Waals surface area contributed by atoms with E-state index in [4.69, 9.17) is 22.7 Å². The highest BCUT2D eigenvalue weighted by molar-refractivity contribution is 7.80. The molecule has 0 spiro atoms. The zero-order chi connectivity index (χ0) is 13.8. The van der Waals surface area contributed by atoms with E-state index in [1.54, 1.807) is 24.3 Å². The van der Waals surface area contributed by atoms with Gasteiger partial charge in [-0.15, -0.1) is 0 Å². The van der Waals surface area contributed by atoms with E-state index >= 15 is 0 Å². The van der Waals surface area contributed by atoms with Crippen LogP contribution in [0.2, 0.25) is 0 Å². The highest BCUT2D eigenvalue weighted by Crippen LogP contribution is 2.17. The third-order valence-electron chi connectivity index (χ3n) is 2.58. The van der Waals surface area contributed by atoms with Gasteiger partial charge in [-0.25, -0.2) is 8.78 Å². The smallest absolute Gasteiger partial charge is 0.132 e. The molecule has 2 nitrogen and oxygen atoms in total. The monoisotopic (exact) mass is 279 g/mol. The molecule has 2 N–H and O–H groups in total. The molecule has 2 aromatic rings. The van der Waals surface area contributed by atoms with Crippen molar-refractivity contribution < 1.29 is 13.5 Å². The highest BCUT2D eigenvalue weighted by atomic mass is 32.1. The summed E-state index contributed by atoms with van der Waals surface area (Å²) < 4.78 is 32.1. The molecule has 98 valence electrons. The Morgan fingerprint density at radius 3 is 2.16 bits per heavy atom. The number of hydrogen-bond donors (Lipinski definition) is 1. The van der Waals surface area contributed by atoms with Crippen molar-refractivity contribution in [3.63, 3.8) is 0 Å². The molecule has 0 aliphatic carbocycles. The second kappa shape index (κ2) is 5.75. The van der Waals surface area contributed by atoms with E-state index in [1.807, 2.05) is 0 Å². The Morgan fingerprint density at radius 2 is 1.63 bits per heavy atom. The predicted octanol–water partition coefficient (Wildman–Crippen LogP) is 3.18. The zero-order valence-corrected chi connectivity index (χ0v) is 10.7. The molecule has 0 saturated carbocycles. The number of benzene rings is 2. The molecule has 0 heterocycles. The Labute approximate surface area is 114 Å². The molecule has 2 aromatic carbocycles. The summed E-state index contributed by atoms with van der Waals surface area (Å²) in [6, 6.07) is 10.4. The van der Waals surface area contributed by atoms with Crippen LogP contribution < -0.4 is 10.5 Å². The zero-order valence-electron chi connectivity index (χ0n) is 9.90. The number of thiocarbonyl (C=S) groups is 1. The number of rotatable bonds is 4. The van der Waals surface area contributed by atoms with Crippen LogP contribution in [0.25, 0.3) is 0 Å². The van der Waals surface area contributed by atoms with Crippen molar-refractivity contribution in [2.75, 3.05) is 0 Å². The fourth-order valence-electron chi connectivity index (χ4n) is 1.54. The third-order valence-corrected chi connectivity index (χ3v) is 2.82. The number of nitrogens with two attached hydrogens (primary N) is 1. The molecule has 0 radical (unpaired) electrons. The van der Waals surface area contributed by atoms with E-state index in [1.165, 1.54) is 18.2 Å². The second-order valence-electron chi connectivity index (χ2n) is 3.88. The maximum Gasteiger partial charge on any atom is 0.132 e. The standard InChI is InChI=1S/C14H11F2NOS/c15-12-2-1-3-13(16)11(12)8-18-10-6-4-9(5-7-10)14(17)19/h1-7H,8H2,(H2,17,19). The van der Waals surface area contributed by atoms with Crippen LogP contribution in [0.4, 0.5) is 8.78 Å². The van der Waals surface area contributed by atoms with Crippen molar-refractivity contribution in [2.24, 2.45) is 5.73 Å². The van der Waals surface area contributed by atoms with E-state index < -0.39 is 11.6 Å². The third kappa shape index (κ3) is 3.26. The van der Waals surface area contributed by atoms with E-state index in [0.717, 1.165) is 0 Å². The highest BCUT2D eigenvalue weighted by Gasteiger charge is 2.08. The Morgan fingerprint density at radius 1 is 1.05 bits per heavy atom. The summed E-state index contributed by atoms with van der Waals surface area (Å²) in [7, 11) is 0. The van der Waals surface area contributed by atoms with Crippen molar-refractivity contribution in [3.05, 3.63) is 65.2 Å². The van der Waals surface area contributed by atoms with Crippen LogP contribution in [0.15, 0.2) is 42.5 Å². The van der Waals surface area contributed by atoms with Gasteiger partial charge in [0.1, 0.15) is 29.0 Å². The van der Waals surface area contributed by atoms with Gasteiger partial charge in [-0.05, 0) is 36.4 Å². The molecular weight excluding hydrogens is 268 g/mol. The van der Waals surface area contributed by atoms with Gasteiger partial charge in [0.25, 0.3) is 0 Å². The van der Waals surface area contributed by atoms with Crippen LogP contribution in [0.1, 0.15) is 11.1 Å². The summed E-state index contributed by atoms with van der Waals surface area (Å²) in [4.78, 5) is 0.284. The van der Waals surface area contributed by atoms with Crippen molar-refractivity contribution >= 4 is 17.2 Å². The largest absolute Gasteiger partial charge is 0.489 e. The van der Waals surface area contributed by atoms with Gasteiger partial charge in [0.15, 0.2) is 0 Å². The van der Waals surface area contributed by atoms with Crippen LogP contribution in [0, 0.1) is 11.6 Å². The lowest BCUT2D eigenvalue weighted by molar-refractivity contribution is 0.292. The lowest BCUT2D eigenvalue weighted by Gasteiger charge is -2.08. The van der Waals surface area contributed by atoms with Crippen molar-refractivity contribution in [2.45, 2.75) is 6.61 Å². The van der Waals surface area contributed by atoms with Gasteiger partial charge in [0, 0.05) is 5.56 Å². The quantitative estimate of drug-likeness (QED) is 0.873. The van der Waals surface area contributed by atoms with E-state index in [-0.39, 0.29) is 17.2 Å². The normalized spacial score (nSPS) is 10.2. The minimum absolute atomic E-state index is 0.0964. The summed E-state index contributed by atoms with van der Waals surface area (Å²) >= 11 is 4.82. The fourth-order valence-corrected chi connectivity index (χ4v) is 1.68. The summed E-state index contributed by atoms with van der Waals surface area (Å²) in [5.41, 5.74) is 6.07. The summed E-state index contributed by atoms with van der Waals surface area (Å²) in [5, 5.41) is 0. The first-order valence-electron chi connectivity index (χ1n) is 5.53. The maximum absolute atomic E-state index is 13.4. The van der Waals surface area contributed by atoms with E-state index in [2.05, 4.69) is 0 Å². The molecule has 0 unspecified atom stereocenters. The molecule has 0 aromatic heterocycles. The summed E-state index contributed by atoms with van der Waals surface area (Å²) in [6.07, 6.45) is 0. The molecule has 0 amide bonds. The van der Waals surface area contributed by atoms with Crippen molar-refractivity contribution in [3.8, 4) is 5.75 Å². The first kappa shape index (κ1) is 13.4. The fraction of sp³-hybridized carbons (Fsp3) is 0.0714. The summed E-state index contributed by atoms with van der Waals surface area (Å²) in [6.45, 7) is -0.176. The molecule has 19 heavy (non-hydrogen) atoms. The van der Waals surface area contributed by atoms with Gasteiger partial charge in [-0.1, -0.05) is 18.3 Å². The maximum atomic E-state index is 13.4. The molecule has 5 heteroatoms. The van der Waals surface area contributed by atoms with Crippen molar-refractivity contribution in [1.82, 2.24) is 0 Å². The Kier molecular flexibility index (Phi) is 4.06. The van der Waals surface area contributed by atoms with Gasteiger partial charge in [0.2, 0.25) is 0 Å². The Bertz CT molecular complexity index is 579. The van der Waals surface area contributed by atoms with Gasteiger partial charge in [-0.2, -0.15) is 0 Å². The lowest BCUT2D eigenvalue weighted by atomic mass is 10.2. The molecule has 0 aliphatic rings. The number of ether oxygens (including phenoxy) is 1. The first-order valence-corrected chi connectivity index (χ1v) is 5.94. The molecule has 0 aliphatic heterocycles.